The average Bonchev–Trinajstić information content (AvgIpc) is 3.21. The monoisotopic (exact) mass is 621 g/mol. The van der Waals surface area contributed by atoms with E-state index in [0.717, 1.165) is 37.0 Å². The van der Waals surface area contributed by atoms with E-state index in [2.05, 4.69) is 5.09 Å². The molecule has 2 rings (SSSR count). The van der Waals surface area contributed by atoms with Gasteiger partial charge in [0, 0.05) is 5.56 Å². The summed E-state index contributed by atoms with van der Waals surface area (Å²) in [6.45, 7) is 3.52. The third-order valence-electron chi connectivity index (χ3n) is 4.61. The van der Waals surface area contributed by atoms with Crippen LogP contribution >= 0.6 is 7.75 Å². The molecule has 10 heteroatoms. The van der Waals surface area contributed by atoms with Gasteiger partial charge in [-0.2, -0.15) is 0 Å². The number of benzene rings is 1. The van der Waals surface area contributed by atoms with Gasteiger partial charge in [0.25, 0.3) is 0 Å². The second-order valence-electron chi connectivity index (χ2n) is 6.90. The van der Waals surface area contributed by atoms with Crippen LogP contribution in [0.2, 0.25) is 0 Å². The zero-order valence-electron chi connectivity index (χ0n) is 17.4. The van der Waals surface area contributed by atoms with E-state index < -0.39 is 7.75 Å². The smallest absolute Gasteiger partial charge is 0.0195 e. The number of rotatable bonds is 14. The molecule has 1 aromatic carbocycles. The van der Waals surface area contributed by atoms with Crippen molar-refractivity contribution < 1.29 is 30.5 Å². The van der Waals surface area contributed by atoms with Crippen molar-refractivity contribution in [2.24, 2.45) is 0 Å². The maximum atomic E-state index is 12.6. The summed E-state index contributed by atoms with van der Waals surface area (Å²) in [5.74, 6) is 0.807. The fourth-order valence-electron chi connectivity index (χ4n) is 2.92. The summed E-state index contributed by atoms with van der Waals surface area (Å²) in [6.07, 6.45) is 2.99. The van der Waals surface area contributed by atoms with E-state index in [4.69, 9.17) is 25.9 Å². The first-order chi connectivity index (χ1) is 14.0. The van der Waals surface area contributed by atoms with Gasteiger partial charge in [-0.05, 0) is 12.1 Å². The first-order valence-electron chi connectivity index (χ1n) is 9.80. The van der Waals surface area contributed by atoms with Crippen LogP contribution in [0.3, 0.4) is 0 Å². The Balaban J connectivity index is 1.64. The third-order valence-corrected chi connectivity index (χ3v) is 7.28. The summed E-state index contributed by atoms with van der Waals surface area (Å²) < 4.78 is 45.3. The Bertz CT molecular complexity index is 633. The van der Waals surface area contributed by atoms with Gasteiger partial charge in [0.2, 0.25) is 0 Å². The van der Waals surface area contributed by atoms with Gasteiger partial charge in [0.1, 0.15) is 5.75 Å². The molecule has 1 N–H and O–H groups in total. The molecule has 0 aliphatic carbocycles. The molecule has 4 unspecified atom stereocenters. The van der Waals surface area contributed by atoms with Crippen LogP contribution in [0.4, 0.5) is 0 Å². The summed E-state index contributed by atoms with van der Waals surface area (Å²) in [5, 5.41) is 2.94. The summed E-state index contributed by atoms with van der Waals surface area (Å²) >= 11 is 0.512. The van der Waals surface area contributed by atoms with Gasteiger partial charge in [-0.3, -0.25) is 0 Å². The predicted molar refractivity (Wildman–Crippen MR) is 110 cm³/mol. The van der Waals surface area contributed by atoms with Crippen LogP contribution in [-0.2, 0) is 25.8 Å². The Morgan fingerprint density at radius 3 is 2.66 bits per heavy atom. The first kappa shape index (κ1) is 25.2. The summed E-state index contributed by atoms with van der Waals surface area (Å²) in [7, 11) is -0.239. The van der Waals surface area contributed by atoms with Gasteiger partial charge in [0.15, 0.2) is 6.29 Å². The molecule has 4 atom stereocenters. The number of hydrogen-bond acceptors (Lipinski definition) is 7. The van der Waals surface area contributed by atoms with Crippen LogP contribution < -0.4 is 9.82 Å². The molecule has 0 bridgehead atoms. The normalized spacial score (nSPS) is 22.3. The van der Waals surface area contributed by atoms with Gasteiger partial charge < -0.3 is 14.2 Å². The minimum absolute atomic E-state index is 0.00143. The number of methoxy groups -OCH3 is 1. The van der Waals surface area contributed by atoms with E-state index in [1.807, 2.05) is 31.2 Å². The fourth-order valence-corrected chi connectivity index (χ4v) is 4.77. The van der Waals surface area contributed by atoms with Crippen LogP contribution in [0.1, 0.15) is 44.5 Å². The molecule has 29 heavy (non-hydrogen) atoms. The van der Waals surface area contributed by atoms with Gasteiger partial charge >= 0.3 is 120 Å². The second kappa shape index (κ2) is 13.4. The minimum atomic E-state index is -3.28. The number of unbranched alkanes of at least 4 members (excludes halogenated alkanes) is 1. The molecule has 1 aromatic rings. The zero-order valence-corrected chi connectivity index (χ0v) is 22.8. The molecule has 1 aliphatic heterocycles. The van der Waals surface area contributed by atoms with E-state index in [1.54, 1.807) is 7.11 Å². The molecule has 0 aromatic heterocycles. The summed E-state index contributed by atoms with van der Waals surface area (Å²) in [4.78, 5) is 0. The minimum Gasteiger partial charge on any atom is -0.343 e. The molecule has 8 nitrogen and oxygen atoms in total. The van der Waals surface area contributed by atoms with Crippen molar-refractivity contribution >= 4 is 34.0 Å². The van der Waals surface area contributed by atoms with Gasteiger partial charge in [-0.15, -0.1) is 0 Å². The predicted octanol–water partition coefficient (Wildman–Crippen LogP) is 3.52. The number of nitrogens with one attached hydrogen (secondary N) is 1. The standard InChI is InChI=1S/C19H31NO7P.Tl/c1-15(11-12-21)20-28(22,24-3)26-13-5-4-6-18-14-25-19(27-18)16-7-9-17(23-2)10-8-16;/h7-10,15,18-19H,4-6,11-14H2,1-3H3,(H,20,22);/q-1;+1. The van der Waals surface area contributed by atoms with Crippen molar-refractivity contribution in [1.82, 2.24) is 5.09 Å². The van der Waals surface area contributed by atoms with Crippen molar-refractivity contribution in [3.8, 4) is 5.75 Å². The molecule has 0 amide bonds. The van der Waals surface area contributed by atoms with E-state index in [1.165, 1.54) is 7.11 Å². The third kappa shape index (κ3) is 8.90. The number of hydrogen-bond donors (Lipinski definition) is 1. The average molecular weight is 621 g/mol. The number of ether oxygens (including phenoxy) is 3. The Morgan fingerprint density at radius 2 is 2.00 bits per heavy atom. The van der Waals surface area contributed by atoms with Crippen molar-refractivity contribution in [2.75, 3.05) is 34.0 Å². The van der Waals surface area contributed by atoms with Crippen LogP contribution in [0.25, 0.3) is 0 Å². The van der Waals surface area contributed by atoms with Crippen LogP contribution in [-0.4, -0.2) is 72.4 Å². The Hall–Kier alpha value is -0.0679. The molecule has 0 spiro atoms. The van der Waals surface area contributed by atoms with Crippen LogP contribution in [0.5, 0.6) is 5.75 Å². The molecule has 162 valence electrons. The molecule has 0 saturated carbocycles. The van der Waals surface area contributed by atoms with E-state index in [-0.39, 0.29) is 18.4 Å². The van der Waals surface area contributed by atoms with Crippen molar-refractivity contribution in [2.45, 2.75) is 51.0 Å². The quantitative estimate of drug-likeness (QED) is 0.192. The molecule has 0 radical (unpaired) electrons. The van der Waals surface area contributed by atoms with E-state index >= 15 is 0 Å². The first-order valence-corrected chi connectivity index (χ1v) is 13.2. The maximum absolute atomic E-state index is 12.6. The largest absolute Gasteiger partial charge is 0.343 e. The summed E-state index contributed by atoms with van der Waals surface area (Å²) in [5.41, 5.74) is 0.981. The van der Waals surface area contributed by atoms with E-state index in [0.29, 0.717) is 46.0 Å². The molecule has 1 heterocycles. The molecule has 1 aliphatic rings. The molecular weight excluding hydrogens is 590 g/mol. The van der Waals surface area contributed by atoms with Gasteiger partial charge in [-0.1, -0.05) is 12.1 Å². The molecule has 1 saturated heterocycles. The van der Waals surface area contributed by atoms with Gasteiger partial charge in [0.05, 0.1) is 13.7 Å². The molecular formula is C19H31NO7PTl. The van der Waals surface area contributed by atoms with Crippen LogP contribution in [0, 0.1) is 0 Å². The van der Waals surface area contributed by atoms with Crippen molar-refractivity contribution in [3.63, 3.8) is 0 Å². The van der Waals surface area contributed by atoms with Crippen molar-refractivity contribution in [1.29, 1.82) is 0 Å². The fraction of sp³-hybridized carbons (Fsp3) is 0.684. The SMILES string of the molecule is COc1ccc(C2OCC(CCCCOP(=O)(NC(C)CC[O][Tl])OC)O2)cc1. The topological polar surface area (TPSA) is 84.5 Å². The Morgan fingerprint density at radius 1 is 1.24 bits per heavy atom. The molecule has 1 fully saturated rings. The second-order valence-corrected chi connectivity index (χ2v) is 10.1. The zero-order chi connectivity index (χ0) is 21.1. The van der Waals surface area contributed by atoms with Crippen molar-refractivity contribution in [3.05, 3.63) is 29.8 Å². The van der Waals surface area contributed by atoms with E-state index in [9.17, 15) is 4.57 Å². The summed E-state index contributed by atoms with van der Waals surface area (Å²) in [6, 6.07) is 7.69. The Kier molecular flexibility index (Phi) is 11.6. The van der Waals surface area contributed by atoms with Gasteiger partial charge in [-0.25, -0.2) is 0 Å². The van der Waals surface area contributed by atoms with Crippen LogP contribution in [0.15, 0.2) is 24.3 Å². The maximum Gasteiger partial charge on any atom is -0.0195 e. The Labute approximate surface area is 189 Å².